The quantitative estimate of drug-likeness (QED) is 0.269. The number of benzene rings is 2. The summed E-state index contributed by atoms with van der Waals surface area (Å²) in [6.45, 7) is 0.137. The van der Waals surface area contributed by atoms with E-state index in [1.54, 1.807) is 22.9 Å². The van der Waals surface area contributed by atoms with E-state index in [-0.39, 0.29) is 18.7 Å². The Morgan fingerprint density at radius 1 is 1.28 bits per heavy atom. The van der Waals surface area contributed by atoms with Gasteiger partial charge in [0.05, 0.1) is 0 Å². The Morgan fingerprint density at radius 2 is 2.14 bits per heavy atom. The first-order valence-corrected chi connectivity index (χ1v) is 10.7. The number of hydroxylamine groups is 1. The molecule has 1 aliphatic carbocycles. The second-order valence-electron chi connectivity index (χ2n) is 7.28. The molecule has 0 fully saturated rings. The molecule has 3 aromatic rings. The number of fused-ring (bicyclic) bond motifs is 2. The molecule has 29 heavy (non-hydrogen) atoms. The highest BCUT2D eigenvalue weighted by Crippen LogP contribution is 2.37. The number of nitrogens with one attached hydrogen (secondary N) is 2. The van der Waals surface area contributed by atoms with Crippen molar-refractivity contribution in [3.8, 4) is 0 Å². The molecule has 0 saturated heterocycles. The van der Waals surface area contributed by atoms with Crippen LogP contribution in [0.25, 0.3) is 16.2 Å². The Labute approximate surface area is 173 Å². The average Bonchev–Trinajstić information content (AvgIpc) is 3.35. The maximum atomic E-state index is 11.2. The van der Waals surface area contributed by atoms with Gasteiger partial charge in [-0.25, -0.2) is 5.48 Å². The van der Waals surface area contributed by atoms with E-state index in [1.807, 2.05) is 6.07 Å². The van der Waals surface area contributed by atoms with Crippen LogP contribution in [0.4, 0.5) is 0 Å². The second-order valence-corrected chi connectivity index (χ2v) is 8.19. The zero-order valence-corrected chi connectivity index (χ0v) is 16.8. The summed E-state index contributed by atoms with van der Waals surface area (Å²) in [7, 11) is 0. The molecule has 6 heteroatoms. The molecular formula is C23H24N2O3S. The van der Waals surface area contributed by atoms with Crippen LogP contribution in [0.2, 0.25) is 0 Å². The van der Waals surface area contributed by atoms with Crippen molar-refractivity contribution < 1.29 is 15.1 Å². The molecule has 2 unspecified atom stereocenters. The zero-order valence-electron chi connectivity index (χ0n) is 16.0. The third kappa shape index (κ3) is 4.26. The average molecular weight is 409 g/mol. The van der Waals surface area contributed by atoms with Crippen molar-refractivity contribution in [3.63, 3.8) is 0 Å². The summed E-state index contributed by atoms with van der Waals surface area (Å²) in [5, 5.41) is 25.5. The summed E-state index contributed by atoms with van der Waals surface area (Å²) < 4.78 is 1.27. The van der Waals surface area contributed by atoms with Gasteiger partial charge in [-0.05, 0) is 64.4 Å². The second kappa shape index (κ2) is 8.88. The number of amides is 1. The number of aryl methyl sites for hydroxylation is 1. The number of aliphatic hydroxyl groups excluding tert-OH is 1. The van der Waals surface area contributed by atoms with Crippen LogP contribution in [-0.2, 0) is 11.2 Å². The molecule has 5 nitrogen and oxygen atoms in total. The van der Waals surface area contributed by atoms with E-state index >= 15 is 0 Å². The number of aliphatic hydroxyl groups is 1. The van der Waals surface area contributed by atoms with Crippen molar-refractivity contribution in [2.45, 2.75) is 31.3 Å². The fourth-order valence-electron chi connectivity index (χ4n) is 4.09. The molecule has 0 saturated carbocycles. The highest BCUT2D eigenvalue weighted by molar-refractivity contribution is 7.17. The fraction of sp³-hybridized carbons (Fsp3) is 0.261. The molecule has 4 rings (SSSR count). The molecule has 1 heterocycles. The van der Waals surface area contributed by atoms with Crippen LogP contribution in [0.3, 0.4) is 0 Å². The molecule has 2 aromatic carbocycles. The van der Waals surface area contributed by atoms with Crippen LogP contribution >= 0.6 is 11.3 Å². The van der Waals surface area contributed by atoms with Gasteiger partial charge in [0.25, 0.3) is 5.91 Å². The lowest BCUT2D eigenvalue weighted by Crippen LogP contribution is -2.26. The minimum atomic E-state index is -0.542. The van der Waals surface area contributed by atoms with Gasteiger partial charge in [-0.3, -0.25) is 10.0 Å². The Balaban J connectivity index is 1.55. The van der Waals surface area contributed by atoms with Gasteiger partial charge in [0.1, 0.15) is 0 Å². The van der Waals surface area contributed by atoms with E-state index in [2.05, 4.69) is 47.1 Å². The van der Waals surface area contributed by atoms with Crippen molar-refractivity contribution in [1.29, 1.82) is 0 Å². The number of hydrogen-bond donors (Lipinski definition) is 4. The Kier molecular flexibility index (Phi) is 6.06. The molecule has 0 radical (unpaired) electrons. The molecule has 0 aliphatic heterocycles. The standard InChI is InChI=1S/C23H24N2O3S/c26-12-11-21(19-14-29-22-4-2-1-3-18(19)22)24-20-9-7-16-13-15(5-8-17(16)20)6-10-23(27)25-28/h1-6,8,10,13-14,20-21,24,26,28H,7,9,11-12H2,(H,25,27)/b10-6+. The van der Waals surface area contributed by atoms with Crippen molar-refractivity contribution in [2.24, 2.45) is 0 Å². The van der Waals surface area contributed by atoms with E-state index in [4.69, 9.17) is 5.21 Å². The number of carbonyl (C=O) groups excluding carboxylic acids is 1. The number of rotatable bonds is 7. The van der Waals surface area contributed by atoms with Crippen LogP contribution in [0.15, 0.2) is 53.9 Å². The molecule has 150 valence electrons. The van der Waals surface area contributed by atoms with Crippen LogP contribution < -0.4 is 10.8 Å². The monoisotopic (exact) mass is 408 g/mol. The lowest BCUT2D eigenvalue weighted by molar-refractivity contribution is -0.124. The molecule has 1 aliphatic rings. The van der Waals surface area contributed by atoms with E-state index in [9.17, 15) is 9.90 Å². The number of carbonyl (C=O) groups is 1. The van der Waals surface area contributed by atoms with Crippen LogP contribution in [0.5, 0.6) is 0 Å². The molecule has 1 aromatic heterocycles. The van der Waals surface area contributed by atoms with Crippen LogP contribution in [-0.4, -0.2) is 22.8 Å². The first-order valence-electron chi connectivity index (χ1n) is 9.77. The van der Waals surface area contributed by atoms with E-state index in [0.29, 0.717) is 6.42 Å². The number of hydrogen-bond acceptors (Lipinski definition) is 5. The maximum Gasteiger partial charge on any atom is 0.267 e. The lowest BCUT2D eigenvalue weighted by Gasteiger charge is -2.23. The Morgan fingerprint density at radius 3 is 2.97 bits per heavy atom. The molecule has 1 amide bonds. The summed E-state index contributed by atoms with van der Waals surface area (Å²) in [6.07, 6.45) is 5.65. The van der Waals surface area contributed by atoms with Gasteiger partial charge < -0.3 is 10.4 Å². The first kappa shape index (κ1) is 19.8. The first-order chi connectivity index (χ1) is 14.2. The van der Waals surface area contributed by atoms with E-state index < -0.39 is 5.91 Å². The topological polar surface area (TPSA) is 81.6 Å². The maximum absolute atomic E-state index is 11.2. The van der Waals surface area contributed by atoms with Gasteiger partial charge in [0, 0.05) is 29.5 Å². The molecule has 0 spiro atoms. The normalized spacial score (nSPS) is 17.0. The fourth-order valence-corrected chi connectivity index (χ4v) is 5.11. The van der Waals surface area contributed by atoms with Gasteiger partial charge in [-0.15, -0.1) is 11.3 Å². The van der Waals surface area contributed by atoms with Crippen LogP contribution in [0.1, 0.15) is 47.2 Å². The van der Waals surface area contributed by atoms with Crippen molar-refractivity contribution in [3.05, 3.63) is 76.2 Å². The van der Waals surface area contributed by atoms with Gasteiger partial charge >= 0.3 is 0 Å². The minimum absolute atomic E-state index is 0.0972. The molecule has 2 atom stereocenters. The third-order valence-corrected chi connectivity index (χ3v) is 6.47. The highest BCUT2D eigenvalue weighted by Gasteiger charge is 2.26. The van der Waals surface area contributed by atoms with E-state index in [1.165, 1.54) is 32.9 Å². The minimum Gasteiger partial charge on any atom is -0.396 e. The third-order valence-electron chi connectivity index (χ3n) is 5.49. The number of thiophene rings is 1. The van der Waals surface area contributed by atoms with Gasteiger partial charge in [0.15, 0.2) is 0 Å². The SMILES string of the molecule is O=C(/C=C/c1ccc2c(c1)CCC2NC(CCO)c1csc2ccccc12)NO. The zero-order chi connectivity index (χ0) is 20.2. The highest BCUT2D eigenvalue weighted by atomic mass is 32.1. The summed E-state index contributed by atoms with van der Waals surface area (Å²) in [6, 6.07) is 14.9. The summed E-state index contributed by atoms with van der Waals surface area (Å²) in [4.78, 5) is 11.2. The predicted octanol–water partition coefficient (Wildman–Crippen LogP) is 4.12. The van der Waals surface area contributed by atoms with Crippen molar-refractivity contribution in [1.82, 2.24) is 10.8 Å². The lowest BCUT2D eigenvalue weighted by atomic mass is 9.99. The summed E-state index contributed by atoms with van der Waals surface area (Å²) in [5.74, 6) is -0.542. The molecular weight excluding hydrogens is 384 g/mol. The summed E-state index contributed by atoms with van der Waals surface area (Å²) >= 11 is 1.74. The van der Waals surface area contributed by atoms with Gasteiger partial charge in [-0.1, -0.05) is 36.4 Å². The van der Waals surface area contributed by atoms with Crippen molar-refractivity contribution in [2.75, 3.05) is 6.61 Å². The van der Waals surface area contributed by atoms with Crippen LogP contribution in [0, 0.1) is 0 Å². The summed E-state index contributed by atoms with van der Waals surface area (Å²) in [5.41, 5.74) is 6.33. The largest absolute Gasteiger partial charge is 0.396 e. The molecule has 4 N–H and O–H groups in total. The Hall–Kier alpha value is -2.51. The smallest absolute Gasteiger partial charge is 0.267 e. The predicted molar refractivity (Wildman–Crippen MR) is 116 cm³/mol. The van der Waals surface area contributed by atoms with Crippen molar-refractivity contribution >= 4 is 33.4 Å². The molecule has 0 bridgehead atoms. The van der Waals surface area contributed by atoms with E-state index in [0.717, 1.165) is 18.4 Å². The van der Waals surface area contributed by atoms with Gasteiger partial charge in [-0.2, -0.15) is 0 Å². The van der Waals surface area contributed by atoms with Gasteiger partial charge in [0.2, 0.25) is 0 Å². The Bertz CT molecular complexity index is 1040.